The lowest BCUT2D eigenvalue weighted by atomic mass is 10.0. The Labute approximate surface area is 152 Å². The van der Waals surface area contributed by atoms with E-state index in [9.17, 15) is 14.9 Å². The predicted octanol–water partition coefficient (Wildman–Crippen LogP) is 1.34. The number of anilines is 1. The van der Waals surface area contributed by atoms with Crippen molar-refractivity contribution >= 4 is 38.8 Å². The van der Waals surface area contributed by atoms with E-state index in [1.54, 1.807) is 28.8 Å². The van der Waals surface area contributed by atoms with Crippen LogP contribution >= 0.6 is 0 Å². The number of hydrogen-bond acceptors (Lipinski definition) is 7. The number of pyridine rings is 2. The van der Waals surface area contributed by atoms with E-state index in [0.717, 1.165) is 0 Å². The summed E-state index contributed by atoms with van der Waals surface area (Å²) in [5.74, 6) is -0.0882. The second-order valence-electron chi connectivity index (χ2n) is 6.11. The van der Waals surface area contributed by atoms with E-state index in [-0.39, 0.29) is 12.0 Å². The molecule has 0 fully saturated rings. The number of aromatic nitrogens is 2. The first kappa shape index (κ1) is 17.1. The SMILES string of the molecule is O=c1c2c([N+](=O)[O-])nc(NCCNCCO)c3cccc(c32)n2cccc12. The third-order valence-corrected chi connectivity index (χ3v) is 4.51. The van der Waals surface area contributed by atoms with Crippen LogP contribution in [0, 0.1) is 10.1 Å². The summed E-state index contributed by atoms with van der Waals surface area (Å²) in [4.78, 5) is 28.1. The van der Waals surface area contributed by atoms with Gasteiger partial charge in [0.15, 0.2) is 0 Å². The fourth-order valence-corrected chi connectivity index (χ4v) is 3.39. The van der Waals surface area contributed by atoms with Crippen LogP contribution in [0.1, 0.15) is 0 Å². The molecule has 0 saturated carbocycles. The topological polar surface area (TPSA) is 122 Å². The van der Waals surface area contributed by atoms with Crippen molar-refractivity contribution in [1.29, 1.82) is 0 Å². The molecule has 4 rings (SSSR count). The normalized spacial score (nSPS) is 11.6. The molecule has 138 valence electrons. The average molecular weight is 367 g/mol. The maximum atomic E-state index is 12.9. The maximum absolute atomic E-state index is 12.9. The van der Waals surface area contributed by atoms with E-state index < -0.39 is 16.2 Å². The Morgan fingerprint density at radius 3 is 2.70 bits per heavy atom. The number of hydrogen-bond donors (Lipinski definition) is 3. The molecule has 0 aliphatic heterocycles. The molecular weight excluding hydrogens is 350 g/mol. The summed E-state index contributed by atoms with van der Waals surface area (Å²) in [6, 6.07) is 8.85. The summed E-state index contributed by atoms with van der Waals surface area (Å²) in [5.41, 5.74) is 0.696. The first-order chi connectivity index (χ1) is 13.1. The number of nitrogens with one attached hydrogen (secondary N) is 2. The Morgan fingerprint density at radius 1 is 1.11 bits per heavy atom. The molecule has 0 aliphatic rings. The molecule has 3 N–H and O–H groups in total. The first-order valence-corrected chi connectivity index (χ1v) is 8.52. The summed E-state index contributed by atoms with van der Waals surface area (Å²) in [7, 11) is 0. The Bertz CT molecular complexity index is 1200. The second-order valence-corrected chi connectivity index (χ2v) is 6.11. The molecule has 9 nitrogen and oxygen atoms in total. The van der Waals surface area contributed by atoms with E-state index in [0.29, 0.717) is 47.3 Å². The van der Waals surface area contributed by atoms with Crippen molar-refractivity contribution in [2.24, 2.45) is 0 Å². The van der Waals surface area contributed by atoms with Gasteiger partial charge in [-0.1, -0.05) is 6.07 Å². The van der Waals surface area contributed by atoms with Gasteiger partial charge in [0.1, 0.15) is 5.39 Å². The van der Waals surface area contributed by atoms with Crippen LogP contribution in [-0.2, 0) is 0 Å². The molecule has 27 heavy (non-hydrogen) atoms. The number of fused-ring (bicyclic) bond motifs is 2. The molecule has 0 radical (unpaired) electrons. The zero-order chi connectivity index (χ0) is 19.0. The van der Waals surface area contributed by atoms with Gasteiger partial charge in [-0.15, -0.1) is 0 Å². The van der Waals surface area contributed by atoms with Crippen LogP contribution in [0.2, 0.25) is 0 Å². The molecule has 9 heteroatoms. The maximum Gasteiger partial charge on any atom is 0.377 e. The molecule has 0 amide bonds. The number of rotatable bonds is 7. The number of nitro groups is 1. The highest BCUT2D eigenvalue weighted by atomic mass is 16.6. The van der Waals surface area contributed by atoms with E-state index >= 15 is 0 Å². The van der Waals surface area contributed by atoms with Crippen molar-refractivity contribution in [3.05, 3.63) is 56.9 Å². The summed E-state index contributed by atoms with van der Waals surface area (Å²) >= 11 is 0. The van der Waals surface area contributed by atoms with Crippen LogP contribution in [0.5, 0.6) is 0 Å². The molecule has 0 bridgehead atoms. The van der Waals surface area contributed by atoms with E-state index in [1.165, 1.54) is 0 Å². The van der Waals surface area contributed by atoms with Crippen LogP contribution in [0.4, 0.5) is 11.6 Å². The van der Waals surface area contributed by atoms with E-state index in [2.05, 4.69) is 15.6 Å². The predicted molar refractivity (Wildman–Crippen MR) is 103 cm³/mol. The van der Waals surface area contributed by atoms with Crippen molar-refractivity contribution in [1.82, 2.24) is 14.7 Å². The molecule has 0 aliphatic carbocycles. The van der Waals surface area contributed by atoms with Crippen molar-refractivity contribution < 1.29 is 10.0 Å². The molecule has 0 unspecified atom stereocenters. The van der Waals surface area contributed by atoms with Gasteiger partial charge in [-0.05, 0) is 34.2 Å². The standard InChI is InChI=1S/C18H17N5O4/c24-10-8-19-6-7-20-17-11-3-1-4-12-14(11)15(18(21-17)23(26)27)16(25)13-5-2-9-22(12)13/h1-5,9,19,24H,6-8,10H2,(H,20,21). The minimum Gasteiger partial charge on any atom is -0.395 e. The van der Waals surface area contributed by atoms with Gasteiger partial charge in [-0.2, -0.15) is 0 Å². The lowest BCUT2D eigenvalue weighted by molar-refractivity contribution is -0.387. The summed E-state index contributed by atoms with van der Waals surface area (Å²) < 4.78 is 1.74. The molecule has 4 aromatic rings. The highest BCUT2D eigenvalue weighted by Gasteiger charge is 2.26. The fourth-order valence-electron chi connectivity index (χ4n) is 3.39. The Balaban J connectivity index is 1.96. The average Bonchev–Trinajstić information content (AvgIpc) is 3.16. The van der Waals surface area contributed by atoms with Gasteiger partial charge in [-0.3, -0.25) is 4.79 Å². The number of benzene rings is 1. The number of nitrogens with zero attached hydrogens (tertiary/aromatic N) is 3. The lowest BCUT2D eigenvalue weighted by Crippen LogP contribution is -2.25. The van der Waals surface area contributed by atoms with Gasteiger partial charge in [0.25, 0.3) is 0 Å². The Hall–Kier alpha value is -3.30. The van der Waals surface area contributed by atoms with Gasteiger partial charge >= 0.3 is 5.82 Å². The minimum absolute atomic E-state index is 0.0285. The van der Waals surface area contributed by atoms with Crippen molar-refractivity contribution in [3.63, 3.8) is 0 Å². The largest absolute Gasteiger partial charge is 0.395 e. The summed E-state index contributed by atoms with van der Waals surface area (Å²) in [6.07, 6.45) is 1.77. The molecule has 1 aromatic carbocycles. The third-order valence-electron chi connectivity index (χ3n) is 4.51. The number of aliphatic hydroxyl groups is 1. The zero-order valence-corrected chi connectivity index (χ0v) is 14.3. The quantitative estimate of drug-likeness (QED) is 0.256. The van der Waals surface area contributed by atoms with Gasteiger partial charge < -0.3 is 30.3 Å². The van der Waals surface area contributed by atoms with Crippen molar-refractivity contribution in [3.8, 4) is 0 Å². The van der Waals surface area contributed by atoms with Gasteiger partial charge in [0.2, 0.25) is 11.2 Å². The summed E-state index contributed by atoms with van der Waals surface area (Å²) in [5, 5.41) is 27.8. The van der Waals surface area contributed by atoms with Crippen LogP contribution < -0.4 is 16.1 Å². The second kappa shape index (κ2) is 6.78. The van der Waals surface area contributed by atoms with Crippen LogP contribution in [-0.4, -0.2) is 45.7 Å². The van der Waals surface area contributed by atoms with Gasteiger partial charge in [0.05, 0.1) is 23.0 Å². The smallest absolute Gasteiger partial charge is 0.377 e. The molecule has 3 aromatic heterocycles. The zero-order valence-electron chi connectivity index (χ0n) is 14.3. The molecule has 0 spiro atoms. The van der Waals surface area contributed by atoms with Gasteiger partial charge in [0, 0.05) is 31.2 Å². The van der Waals surface area contributed by atoms with E-state index in [4.69, 9.17) is 5.11 Å². The Kier molecular flexibility index (Phi) is 4.30. The Morgan fingerprint density at radius 2 is 1.93 bits per heavy atom. The highest BCUT2D eigenvalue weighted by Crippen LogP contribution is 2.34. The van der Waals surface area contributed by atoms with Crippen LogP contribution in [0.25, 0.3) is 27.2 Å². The summed E-state index contributed by atoms with van der Waals surface area (Å²) in [6.45, 7) is 1.52. The van der Waals surface area contributed by atoms with Crippen molar-refractivity contribution in [2.75, 3.05) is 31.6 Å². The molecular formula is C18H17N5O4. The lowest BCUT2D eigenvalue weighted by Gasteiger charge is -2.11. The highest BCUT2D eigenvalue weighted by molar-refractivity contribution is 6.16. The van der Waals surface area contributed by atoms with Crippen LogP contribution in [0.3, 0.4) is 0 Å². The van der Waals surface area contributed by atoms with Crippen molar-refractivity contribution in [2.45, 2.75) is 0 Å². The van der Waals surface area contributed by atoms with Crippen LogP contribution in [0.15, 0.2) is 41.3 Å². The third kappa shape index (κ3) is 2.73. The molecule has 0 saturated heterocycles. The number of aliphatic hydroxyl groups excluding tert-OH is 1. The minimum atomic E-state index is -0.614. The molecule has 0 atom stereocenters. The monoisotopic (exact) mass is 367 g/mol. The first-order valence-electron chi connectivity index (χ1n) is 8.52. The fraction of sp³-hybridized carbons (Fsp3) is 0.222. The van der Waals surface area contributed by atoms with Gasteiger partial charge in [-0.25, -0.2) is 0 Å². The van der Waals surface area contributed by atoms with E-state index in [1.807, 2.05) is 12.1 Å². The molecule has 3 heterocycles.